The van der Waals surface area contributed by atoms with E-state index in [0.29, 0.717) is 6.61 Å². The molecule has 0 saturated carbocycles. The Labute approximate surface area is 122 Å². The lowest BCUT2D eigenvalue weighted by atomic mass is 9.85. The highest BCUT2D eigenvalue weighted by atomic mass is 32.2. The minimum atomic E-state index is -0.412. The van der Waals surface area contributed by atoms with Crippen LogP contribution in [-0.2, 0) is 4.74 Å². The van der Waals surface area contributed by atoms with Gasteiger partial charge in [-0.25, -0.2) is 8.78 Å². The normalized spacial score (nSPS) is 25.6. The number of nitrogens with one attached hydrogen (secondary N) is 1. The van der Waals surface area contributed by atoms with Gasteiger partial charge in [-0.2, -0.15) is 11.8 Å². The first-order valence-corrected chi connectivity index (χ1v) is 8.26. The van der Waals surface area contributed by atoms with Gasteiger partial charge in [0.1, 0.15) is 11.6 Å². The third-order valence-corrected chi connectivity index (χ3v) is 5.17. The van der Waals surface area contributed by atoms with E-state index in [1.54, 1.807) is 0 Å². The summed E-state index contributed by atoms with van der Waals surface area (Å²) in [6, 6.07) is 3.70. The fraction of sp³-hybridized carbons (Fsp3) is 0.600. The number of hydrogen-bond acceptors (Lipinski definition) is 3. The molecule has 2 nitrogen and oxygen atoms in total. The minimum Gasteiger partial charge on any atom is -0.380 e. The Balaban J connectivity index is 1.69. The van der Waals surface area contributed by atoms with Gasteiger partial charge in [-0.1, -0.05) is 0 Å². The summed E-state index contributed by atoms with van der Waals surface area (Å²) in [6.07, 6.45) is 3.83. The van der Waals surface area contributed by atoms with Crippen molar-refractivity contribution in [3.63, 3.8) is 0 Å². The van der Waals surface area contributed by atoms with Gasteiger partial charge in [0.05, 0.1) is 11.3 Å². The number of ether oxygens (including phenoxy) is 1. The fourth-order valence-electron chi connectivity index (χ4n) is 3.07. The molecular weight excluding hydrogens is 280 g/mol. The monoisotopic (exact) mass is 299 g/mol. The van der Waals surface area contributed by atoms with Crippen molar-refractivity contribution in [2.45, 2.75) is 37.3 Å². The van der Waals surface area contributed by atoms with E-state index >= 15 is 0 Å². The third kappa shape index (κ3) is 3.09. The molecule has 0 amide bonds. The summed E-state index contributed by atoms with van der Waals surface area (Å²) in [7, 11) is 0. The van der Waals surface area contributed by atoms with Crippen molar-refractivity contribution >= 4 is 17.4 Å². The van der Waals surface area contributed by atoms with Crippen molar-refractivity contribution in [1.29, 1.82) is 0 Å². The van der Waals surface area contributed by atoms with E-state index in [2.05, 4.69) is 5.32 Å². The Kier molecular flexibility index (Phi) is 4.17. The Morgan fingerprint density at radius 1 is 1.25 bits per heavy atom. The number of anilines is 1. The predicted octanol–water partition coefficient (Wildman–Crippen LogP) is 3.82. The average Bonchev–Trinajstić information content (AvgIpc) is 2.44. The van der Waals surface area contributed by atoms with E-state index in [0.717, 1.165) is 43.3 Å². The van der Waals surface area contributed by atoms with Gasteiger partial charge < -0.3 is 10.1 Å². The molecule has 3 rings (SSSR count). The Hall–Kier alpha value is -0.810. The molecule has 2 fully saturated rings. The average molecular weight is 299 g/mol. The van der Waals surface area contributed by atoms with Crippen LogP contribution < -0.4 is 5.32 Å². The zero-order valence-electron chi connectivity index (χ0n) is 11.3. The highest BCUT2D eigenvalue weighted by molar-refractivity contribution is 7.99. The van der Waals surface area contributed by atoms with Gasteiger partial charge in [-0.3, -0.25) is 0 Å². The van der Waals surface area contributed by atoms with Gasteiger partial charge >= 0.3 is 0 Å². The molecule has 1 unspecified atom stereocenters. The zero-order valence-corrected chi connectivity index (χ0v) is 12.1. The molecule has 20 heavy (non-hydrogen) atoms. The Bertz CT molecular complexity index is 471. The summed E-state index contributed by atoms with van der Waals surface area (Å²) >= 11 is 1.96. The van der Waals surface area contributed by atoms with Crippen LogP contribution in [0, 0.1) is 11.6 Å². The molecule has 1 atom stereocenters. The maximum atomic E-state index is 13.7. The lowest BCUT2D eigenvalue weighted by Gasteiger charge is -2.43. The second-order valence-corrected chi connectivity index (χ2v) is 6.83. The van der Waals surface area contributed by atoms with Crippen LogP contribution in [0.15, 0.2) is 18.2 Å². The van der Waals surface area contributed by atoms with Crippen LogP contribution in [-0.4, -0.2) is 29.8 Å². The highest BCUT2D eigenvalue weighted by Gasteiger charge is 2.38. The zero-order chi connectivity index (χ0) is 14.0. The summed E-state index contributed by atoms with van der Waals surface area (Å²) in [5.41, 5.74) is 0.211. The first kappa shape index (κ1) is 14.1. The van der Waals surface area contributed by atoms with Crippen LogP contribution in [0.25, 0.3) is 0 Å². The number of rotatable bonds is 2. The molecule has 110 valence electrons. The predicted molar refractivity (Wildman–Crippen MR) is 78.2 cm³/mol. The first-order valence-electron chi connectivity index (χ1n) is 7.10. The van der Waals surface area contributed by atoms with E-state index in [4.69, 9.17) is 4.74 Å². The van der Waals surface area contributed by atoms with Crippen LogP contribution in [0.5, 0.6) is 0 Å². The molecular formula is C15H19F2NOS. The molecule has 0 radical (unpaired) electrons. The van der Waals surface area contributed by atoms with Gasteiger partial charge in [0.2, 0.25) is 0 Å². The van der Waals surface area contributed by atoms with Crippen molar-refractivity contribution in [3.05, 3.63) is 29.8 Å². The Morgan fingerprint density at radius 2 is 2.05 bits per heavy atom. The van der Waals surface area contributed by atoms with Crippen LogP contribution in [0.3, 0.4) is 0 Å². The number of benzene rings is 1. The summed E-state index contributed by atoms with van der Waals surface area (Å²) in [6.45, 7) is 0.694. The topological polar surface area (TPSA) is 21.3 Å². The molecule has 1 aromatic carbocycles. The van der Waals surface area contributed by atoms with Gasteiger partial charge in [0.15, 0.2) is 0 Å². The van der Waals surface area contributed by atoms with E-state index in [9.17, 15) is 8.78 Å². The summed E-state index contributed by atoms with van der Waals surface area (Å²) < 4.78 is 32.9. The molecule has 2 saturated heterocycles. The van der Waals surface area contributed by atoms with E-state index in [-0.39, 0.29) is 17.3 Å². The number of thioether (sulfide) groups is 1. The molecule has 2 heterocycles. The van der Waals surface area contributed by atoms with Crippen LogP contribution in [0.2, 0.25) is 0 Å². The summed E-state index contributed by atoms with van der Waals surface area (Å²) in [4.78, 5) is 0. The van der Waals surface area contributed by atoms with Gasteiger partial charge in [-0.05, 0) is 55.4 Å². The smallest absolute Gasteiger partial charge is 0.146 e. The molecule has 2 aliphatic heterocycles. The quantitative estimate of drug-likeness (QED) is 0.897. The second kappa shape index (κ2) is 5.90. The summed E-state index contributed by atoms with van der Waals surface area (Å²) in [5, 5.41) is 3.16. The maximum Gasteiger partial charge on any atom is 0.146 e. The lowest BCUT2D eigenvalue weighted by molar-refractivity contribution is -0.0865. The van der Waals surface area contributed by atoms with Gasteiger partial charge in [-0.15, -0.1) is 0 Å². The van der Waals surface area contributed by atoms with Crippen molar-refractivity contribution < 1.29 is 13.5 Å². The van der Waals surface area contributed by atoms with Crippen LogP contribution in [0.4, 0.5) is 14.5 Å². The molecule has 1 N–H and O–H groups in total. The van der Waals surface area contributed by atoms with E-state index in [1.807, 2.05) is 11.8 Å². The molecule has 5 heteroatoms. The standard InChI is InChI=1S/C15H19F2NOS/c16-11-1-2-13(17)14(9-11)18-12-3-6-19-15(10-12)4-7-20-8-5-15/h1-2,9,12,18H,3-8,10H2. The minimum absolute atomic E-state index is 0.0506. The van der Waals surface area contributed by atoms with Crippen molar-refractivity contribution in [1.82, 2.24) is 0 Å². The van der Waals surface area contributed by atoms with Gasteiger partial charge in [0.25, 0.3) is 0 Å². The molecule has 1 aromatic rings. The van der Waals surface area contributed by atoms with Crippen LogP contribution >= 0.6 is 11.8 Å². The van der Waals surface area contributed by atoms with Crippen molar-refractivity contribution in [3.8, 4) is 0 Å². The van der Waals surface area contributed by atoms with Gasteiger partial charge in [0, 0.05) is 12.6 Å². The van der Waals surface area contributed by atoms with Crippen LogP contribution in [0.1, 0.15) is 25.7 Å². The molecule has 0 aliphatic carbocycles. The maximum absolute atomic E-state index is 13.7. The summed E-state index contributed by atoms with van der Waals surface area (Å²) in [5.74, 6) is 1.44. The largest absolute Gasteiger partial charge is 0.380 e. The molecule has 2 aliphatic rings. The first-order chi connectivity index (χ1) is 9.67. The molecule has 0 bridgehead atoms. The van der Waals surface area contributed by atoms with E-state index in [1.165, 1.54) is 12.1 Å². The van der Waals surface area contributed by atoms with Crippen molar-refractivity contribution in [2.75, 3.05) is 23.4 Å². The van der Waals surface area contributed by atoms with Crippen molar-refractivity contribution in [2.24, 2.45) is 0 Å². The fourth-order valence-corrected chi connectivity index (χ4v) is 4.31. The highest BCUT2D eigenvalue weighted by Crippen LogP contribution is 2.38. The Morgan fingerprint density at radius 3 is 2.85 bits per heavy atom. The SMILES string of the molecule is Fc1ccc(F)c(NC2CCOC3(CCSCC3)C2)c1. The molecule has 1 spiro atoms. The van der Waals surface area contributed by atoms with E-state index < -0.39 is 11.6 Å². The third-order valence-electron chi connectivity index (χ3n) is 4.19. The number of halogens is 2. The lowest BCUT2D eigenvalue weighted by Crippen LogP contribution is -2.46. The number of hydrogen-bond donors (Lipinski definition) is 1. The second-order valence-electron chi connectivity index (χ2n) is 5.60. The molecule has 0 aromatic heterocycles.